The van der Waals surface area contributed by atoms with Crippen molar-refractivity contribution in [3.8, 4) is 0 Å². The van der Waals surface area contributed by atoms with Crippen molar-refractivity contribution < 1.29 is 18.8 Å². The van der Waals surface area contributed by atoms with Gasteiger partial charge in [0.1, 0.15) is 5.82 Å². The summed E-state index contributed by atoms with van der Waals surface area (Å²) in [6, 6.07) is 3.56. The van der Waals surface area contributed by atoms with E-state index in [4.69, 9.17) is 5.84 Å². The number of hydrogen-bond donors (Lipinski definition) is 2. The lowest BCUT2D eigenvalue weighted by Crippen LogP contribution is -2.33. The molecule has 0 saturated heterocycles. The molecule has 2 rings (SSSR count). The van der Waals surface area contributed by atoms with Crippen LogP contribution in [0.5, 0.6) is 0 Å². The third-order valence-corrected chi connectivity index (χ3v) is 2.88. The first kappa shape index (κ1) is 13.2. The molecule has 1 aliphatic rings. The normalized spacial score (nSPS) is 13.7. The molecule has 2 amide bonds. The molecule has 1 aromatic carbocycles. The van der Waals surface area contributed by atoms with Gasteiger partial charge in [0.05, 0.1) is 11.3 Å². The average molecular weight is 265 g/mol. The number of nitrogens with two attached hydrogens (primary N) is 1. The van der Waals surface area contributed by atoms with Crippen LogP contribution in [0.1, 0.15) is 23.2 Å². The molecule has 0 aliphatic carbocycles. The summed E-state index contributed by atoms with van der Waals surface area (Å²) < 4.78 is 13.2. The van der Waals surface area contributed by atoms with Crippen molar-refractivity contribution in [2.24, 2.45) is 5.84 Å². The zero-order valence-electron chi connectivity index (χ0n) is 9.98. The lowest BCUT2D eigenvalue weighted by atomic mass is 10.1. The number of nitrogens with one attached hydrogen (secondary N) is 1. The lowest BCUT2D eigenvalue weighted by Gasteiger charge is -2.15. The molecule has 0 saturated carbocycles. The number of benzene rings is 1. The van der Waals surface area contributed by atoms with Gasteiger partial charge in [-0.3, -0.25) is 19.8 Å². The molecule has 1 aliphatic heterocycles. The number of carbonyl (C=O) groups is 3. The van der Waals surface area contributed by atoms with Crippen molar-refractivity contribution >= 4 is 23.3 Å². The Labute approximate surface area is 108 Å². The van der Waals surface area contributed by atoms with Crippen LogP contribution in [0.3, 0.4) is 0 Å². The molecule has 1 heterocycles. The molecule has 7 heteroatoms. The van der Waals surface area contributed by atoms with Gasteiger partial charge in [-0.25, -0.2) is 10.2 Å². The van der Waals surface area contributed by atoms with E-state index < -0.39 is 17.5 Å². The van der Waals surface area contributed by atoms with Crippen LogP contribution in [0.4, 0.5) is 10.1 Å². The second-order valence-corrected chi connectivity index (χ2v) is 4.12. The molecule has 1 aromatic rings. The fourth-order valence-corrected chi connectivity index (χ4v) is 1.96. The number of nitrogens with zero attached hydrogens (tertiary/aromatic N) is 1. The van der Waals surface area contributed by atoms with Crippen LogP contribution in [0.15, 0.2) is 18.2 Å². The Kier molecular flexibility index (Phi) is 3.57. The van der Waals surface area contributed by atoms with Gasteiger partial charge in [-0.1, -0.05) is 0 Å². The van der Waals surface area contributed by atoms with E-state index in [0.717, 1.165) is 12.1 Å². The highest BCUT2D eigenvalue weighted by atomic mass is 19.1. The Morgan fingerprint density at radius 2 is 2.11 bits per heavy atom. The van der Waals surface area contributed by atoms with E-state index in [9.17, 15) is 18.8 Å². The van der Waals surface area contributed by atoms with Gasteiger partial charge in [-0.15, -0.1) is 0 Å². The van der Waals surface area contributed by atoms with E-state index in [1.165, 1.54) is 11.0 Å². The van der Waals surface area contributed by atoms with Gasteiger partial charge in [-0.2, -0.15) is 0 Å². The van der Waals surface area contributed by atoms with Crippen molar-refractivity contribution in [3.63, 3.8) is 0 Å². The fraction of sp³-hybridized carbons (Fsp3) is 0.250. The molecule has 0 radical (unpaired) electrons. The van der Waals surface area contributed by atoms with Crippen molar-refractivity contribution in [1.82, 2.24) is 5.43 Å². The first-order valence-corrected chi connectivity index (χ1v) is 5.70. The van der Waals surface area contributed by atoms with Gasteiger partial charge < -0.3 is 4.90 Å². The number of hydrogen-bond acceptors (Lipinski definition) is 4. The molecule has 0 unspecified atom stereocenters. The van der Waals surface area contributed by atoms with E-state index in [-0.39, 0.29) is 30.1 Å². The molecule has 6 nitrogen and oxygen atoms in total. The quantitative estimate of drug-likeness (QED) is 0.350. The van der Waals surface area contributed by atoms with Gasteiger partial charge in [-0.05, 0) is 24.6 Å². The second-order valence-electron chi connectivity index (χ2n) is 4.12. The summed E-state index contributed by atoms with van der Waals surface area (Å²) >= 11 is 0. The molecule has 0 fully saturated rings. The number of rotatable bonds is 4. The van der Waals surface area contributed by atoms with E-state index in [1.54, 1.807) is 0 Å². The zero-order chi connectivity index (χ0) is 14.0. The first-order valence-electron chi connectivity index (χ1n) is 5.70. The van der Waals surface area contributed by atoms with E-state index >= 15 is 0 Å². The molecule has 3 N–H and O–H groups in total. The molecule has 19 heavy (non-hydrogen) atoms. The van der Waals surface area contributed by atoms with Gasteiger partial charge >= 0.3 is 0 Å². The van der Waals surface area contributed by atoms with Gasteiger partial charge in [0.15, 0.2) is 0 Å². The minimum absolute atomic E-state index is 0.124. The molecule has 0 bridgehead atoms. The number of Topliss-reactive ketones (excluding diaryl/α,β-unsaturated/α-hetero) is 1. The van der Waals surface area contributed by atoms with Crippen LogP contribution in [-0.2, 0) is 9.59 Å². The largest absolute Gasteiger partial charge is 0.305 e. The van der Waals surface area contributed by atoms with Gasteiger partial charge in [0.2, 0.25) is 5.91 Å². The molecule has 100 valence electrons. The highest BCUT2D eigenvalue weighted by Crippen LogP contribution is 2.29. The average Bonchev–Trinajstić information content (AvgIpc) is 2.63. The fourth-order valence-electron chi connectivity index (χ4n) is 1.96. The van der Waals surface area contributed by atoms with Gasteiger partial charge in [0, 0.05) is 13.0 Å². The standard InChI is InChI=1S/C12H12FN3O3/c13-7-3-4-8-9(6-7)16(12(19)11(8)18)5-1-2-10(17)15-14/h3-4,6H,1-2,5,14H2,(H,15,17). The third-order valence-electron chi connectivity index (χ3n) is 2.88. The van der Waals surface area contributed by atoms with E-state index in [2.05, 4.69) is 0 Å². The molecular weight excluding hydrogens is 253 g/mol. The van der Waals surface area contributed by atoms with Gasteiger partial charge in [0.25, 0.3) is 11.7 Å². The number of ketones is 1. The maximum absolute atomic E-state index is 13.2. The Bertz CT molecular complexity index is 559. The summed E-state index contributed by atoms with van der Waals surface area (Å²) in [7, 11) is 0. The highest BCUT2D eigenvalue weighted by Gasteiger charge is 2.35. The Morgan fingerprint density at radius 3 is 2.79 bits per heavy atom. The first-order chi connectivity index (χ1) is 9.04. The smallest absolute Gasteiger partial charge is 0.299 e. The molecule has 0 spiro atoms. The maximum atomic E-state index is 13.2. The lowest BCUT2D eigenvalue weighted by molar-refractivity contribution is -0.121. The molecule has 0 aromatic heterocycles. The number of hydrazine groups is 1. The van der Waals surface area contributed by atoms with E-state index in [1.807, 2.05) is 5.43 Å². The number of anilines is 1. The Balaban J connectivity index is 2.14. The summed E-state index contributed by atoms with van der Waals surface area (Å²) in [5, 5.41) is 0. The van der Waals surface area contributed by atoms with Crippen LogP contribution in [0, 0.1) is 5.82 Å². The predicted octanol–water partition coefficient (Wildman–Crippen LogP) is 0.125. The van der Waals surface area contributed by atoms with Crippen molar-refractivity contribution in [2.75, 3.05) is 11.4 Å². The zero-order valence-corrected chi connectivity index (χ0v) is 9.98. The minimum atomic E-state index is -0.700. The number of carbonyl (C=O) groups excluding carboxylic acids is 3. The van der Waals surface area contributed by atoms with Crippen molar-refractivity contribution in [1.29, 1.82) is 0 Å². The van der Waals surface area contributed by atoms with Crippen LogP contribution in [0.2, 0.25) is 0 Å². The topological polar surface area (TPSA) is 92.5 Å². The van der Waals surface area contributed by atoms with Crippen LogP contribution in [-0.4, -0.2) is 24.1 Å². The summed E-state index contributed by atoms with van der Waals surface area (Å²) in [5.41, 5.74) is 2.41. The SMILES string of the molecule is NNC(=O)CCCN1C(=O)C(=O)c2ccc(F)cc21. The number of fused-ring (bicyclic) bond motifs is 1. The summed E-state index contributed by atoms with van der Waals surface area (Å²) in [5.74, 6) is 2.69. The van der Waals surface area contributed by atoms with Crippen LogP contribution in [0.25, 0.3) is 0 Å². The van der Waals surface area contributed by atoms with Crippen molar-refractivity contribution in [3.05, 3.63) is 29.6 Å². The number of halogens is 1. The summed E-state index contributed by atoms with van der Waals surface area (Å²) in [6.07, 6.45) is 0.455. The van der Waals surface area contributed by atoms with Crippen molar-refractivity contribution in [2.45, 2.75) is 12.8 Å². The minimum Gasteiger partial charge on any atom is -0.305 e. The van der Waals surface area contributed by atoms with Crippen LogP contribution >= 0.6 is 0 Å². The van der Waals surface area contributed by atoms with E-state index in [0.29, 0.717) is 6.42 Å². The summed E-state index contributed by atoms with van der Waals surface area (Å²) in [6.45, 7) is 0.161. The Hall–Kier alpha value is -2.28. The Morgan fingerprint density at radius 1 is 1.37 bits per heavy atom. The summed E-state index contributed by atoms with van der Waals surface area (Å²) in [4.78, 5) is 35.6. The predicted molar refractivity (Wildman–Crippen MR) is 64.6 cm³/mol. The molecular formula is C12H12FN3O3. The number of amides is 2. The molecule has 0 atom stereocenters. The van der Waals surface area contributed by atoms with Crippen LogP contribution < -0.4 is 16.2 Å². The third kappa shape index (κ3) is 2.45. The maximum Gasteiger partial charge on any atom is 0.299 e. The highest BCUT2D eigenvalue weighted by molar-refractivity contribution is 6.52. The monoisotopic (exact) mass is 265 g/mol. The second kappa shape index (κ2) is 5.15.